The van der Waals surface area contributed by atoms with E-state index in [-0.39, 0.29) is 12.5 Å². The fourth-order valence-corrected chi connectivity index (χ4v) is 2.05. The summed E-state index contributed by atoms with van der Waals surface area (Å²) in [6, 6.07) is 13.8. The van der Waals surface area contributed by atoms with Gasteiger partial charge in [0.15, 0.2) is 0 Å². The van der Waals surface area contributed by atoms with E-state index < -0.39 is 6.10 Å². The lowest BCUT2D eigenvalue weighted by molar-refractivity contribution is 0.0913. The van der Waals surface area contributed by atoms with Crippen molar-refractivity contribution in [3.05, 3.63) is 64.7 Å². The Labute approximate surface area is 128 Å². The number of nitrogens with one attached hydrogen (secondary N) is 1. The second-order valence-electron chi connectivity index (χ2n) is 4.48. The zero-order valence-corrected chi connectivity index (χ0v) is 12.3. The van der Waals surface area contributed by atoms with Crippen LogP contribution in [0, 0.1) is 0 Å². The third-order valence-electron chi connectivity index (χ3n) is 3.06. The fraction of sp³-hybridized carbons (Fsp3) is 0.188. The zero-order chi connectivity index (χ0) is 15.2. The standard InChI is InChI=1S/C16H16ClNO3/c1-21-15-5-3-2-4-13(15)16(20)18-10-14(19)11-6-8-12(17)9-7-11/h2-9,14,19H,10H2,1H3,(H,18,20). The van der Waals surface area contributed by atoms with Gasteiger partial charge in [-0.2, -0.15) is 0 Å². The van der Waals surface area contributed by atoms with E-state index in [4.69, 9.17) is 16.3 Å². The Morgan fingerprint density at radius 1 is 1.24 bits per heavy atom. The molecule has 0 aliphatic rings. The lowest BCUT2D eigenvalue weighted by atomic mass is 10.1. The minimum Gasteiger partial charge on any atom is -0.496 e. The molecule has 0 aliphatic heterocycles. The van der Waals surface area contributed by atoms with Gasteiger partial charge in [0.1, 0.15) is 5.75 Å². The molecule has 0 aliphatic carbocycles. The average molecular weight is 306 g/mol. The SMILES string of the molecule is COc1ccccc1C(=O)NCC(O)c1ccc(Cl)cc1. The molecule has 1 unspecified atom stereocenters. The van der Waals surface area contributed by atoms with Crippen molar-refractivity contribution in [1.29, 1.82) is 0 Å². The Balaban J connectivity index is 1.99. The van der Waals surface area contributed by atoms with Crippen molar-refractivity contribution in [3.8, 4) is 5.75 Å². The van der Waals surface area contributed by atoms with Crippen LogP contribution in [0.1, 0.15) is 22.0 Å². The fourth-order valence-electron chi connectivity index (χ4n) is 1.92. The maximum Gasteiger partial charge on any atom is 0.255 e. The molecule has 2 aromatic rings. The van der Waals surface area contributed by atoms with Crippen LogP contribution in [-0.4, -0.2) is 24.7 Å². The quantitative estimate of drug-likeness (QED) is 0.893. The van der Waals surface area contributed by atoms with Gasteiger partial charge in [0.05, 0.1) is 18.8 Å². The summed E-state index contributed by atoms with van der Waals surface area (Å²) in [6.45, 7) is 0.110. The number of ether oxygens (including phenoxy) is 1. The summed E-state index contributed by atoms with van der Waals surface area (Å²) in [5.41, 5.74) is 1.13. The molecular formula is C16H16ClNO3. The molecule has 0 radical (unpaired) electrons. The second kappa shape index (κ2) is 7.11. The van der Waals surface area contributed by atoms with Gasteiger partial charge in [0.2, 0.25) is 0 Å². The largest absolute Gasteiger partial charge is 0.496 e. The first-order chi connectivity index (χ1) is 10.1. The topological polar surface area (TPSA) is 58.6 Å². The molecule has 0 aromatic heterocycles. The van der Waals surface area contributed by atoms with E-state index in [9.17, 15) is 9.90 Å². The number of carbonyl (C=O) groups is 1. The maximum absolute atomic E-state index is 12.1. The van der Waals surface area contributed by atoms with Gasteiger partial charge in [-0.15, -0.1) is 0 Å². The van der Waals surface area contributed by atoms with Gasteiger partial charge in [0.25, 0.3) is 5.91 Å². The van der Waals surface area contributed by atoms with Crippen molar-refractivity contribution in [1.82, 2.24) is 5.32 Å². The first kappa shape index (κ1) is 15.4. The Morgan fingerprint density at radius 2 is 1.90 bits per heavy atom. The smallest absolute Gasteiger partial charge is 0.255 e. The van der Waals surface area contributed by atoms with Crippen molar-refractivity contribution in [2.45, 2.75) is 6.10 Å². The molecule has 0 bridgehead atoms. The monoisotopic (exact) mass is 305 g/mol. The van der Waals surface area contributed by atoms with Crippen LogP contribution in [0.4, 0.5) is 0 Å². The number of hydrogen-bond donors (Lipinski definition) is 2. The number of amides is 1. The minimum absolute atomic E-state index is 0.110. The van der Waals surface area contributed by atoms with E-state index >= 15 is 0 Å². The Kier molecular flexibility index (Phi) is 5.20. The lowest BCUT2D eigenvalue weighted by Crippen LogP contribution is -2.28. The Morgan fingerprint density at radius 3 is 2.57 bits per heavy atom. The molecule has 1 atom stereocenters. The van der Waals surface area contributed by atoms with E-state index in [0.29, 0.717) is 21.9 Å². The molecular weight excluding hydrogens is 290 g/mol. The molecule has 0 saturated heterocycles. The van der Waals surface area contributed by atoms with Gasteiger partial charge in [-0.1, -0.05) is 35.9 Å². The Hall–Kier alpha value is -2.04. The van der Waals surface area contributed by atoms with E-state index in [1.807, 2.05) is 0 Å². The zero-order valence-electron chi connectivity index (χ0n) is 11.5. The molecule has 0 heterocycles. The highest BCUT2D eigenvalue weighted by atomic mass is 35.5. The summed E-state index contributed by atoms with van der Waals surface area (Å²) in [6.07, 6.45) is -0.791. The summed E-state index contributed by atoms with van der Waals surface area (Å²) in [4.78, 5) is 12.1. The molecule has 21 heavy (non-hydrogen) atoms. The van der Waals surface area contributed by atoms with Crippen molar-refractivity contribution in [3.63, 3.8) is 0 Å². The highest BCUT2D eigenvalue weighted by molar-refractivity contribution is 6.30. The first-order valence-electron chi connectivity index (χ1n) is 6.46. The number of halogens is 1. The van der Waals surface area contributed by atoms with Gasteiger partial charge in [-0.3, -0.25) is 4.79 Å². The maximum atomic E-state index is 12.1. The van der Waals surface area contributed by atoms with E-state index in [1.54, 1.807) is 48.5 Å². The number of carbonyl (C=O) groups excluding carboxylic acids is 1. The minimum atomic E-state index is -0.791. The van der Waals surface area contributed by atoms with E-state index in [1.165, 1.54) is 7.11 Å². The second-order valence-corrected chi connectivity index (χ2v) is 4.91. The van der Waals surface area contributed by atoms with Crippen LogP contribution in [0.25, 0.3) is 0 Å². The number of aliphatic hydroxyl groups excluding tert-OH is 1. The van der Waals surface area contributed by atoms with Crippen LogP contribution in [0.3, 0.4) is 0 Å². The van der Waals surface area contributed by atoms with Gasteiger partial charge < -0.3 is 15.2 Å². The molecule has 2 aromatic carbocycles. The number of methoxy groups -OCH3 is 1. The van der Waals surface area contributed by atoms with Crippen LogP contribution in [0.15, 0.2) is 48.5 Å². The summed E-state index contributed by atoms with van der Waals surface area (Å²) in [7, 11) is 1.51. The predicted molar refractivity (Wildman–Crippen MR) is 81.7 cm³/mol. The molecule has 2 N–H and O–H groups in total. The van der Waals surface area contributed by atoms with Crippen molar-refractivity contribution >= 4 is 17.5 Å². The van der Waals surface area contributed by atoms with Gasteiger partial charge >= 0.3 is 0 Å². The van der Waals surface area contributed by atoms with Crippen molar-refractivity contribution < 1.29 is 14.6 Å². The number of rotatable bonds is 5. The number of aliphatic hydroxyl groups is 1. The average Bonchev–Trinajstić information content (AvgIpc) is 2.52. The summed E-state index contributed by atoms with van der Waals surface area (Å²) >= 11 is 5.79. The van der Waals surface area contributed by atoms with E-state index in [2.05, 4.69) is 5.32 Å². The highest BCUT2D eigenvalue weighted by Gasteiger charge is 2.13. The lowest BCUT2D eigenvalue weighted by Gasteiger charge is -2.13. The van der Waals surface area contributed by atoms with Crippen LogP contribution >= 0.6 is 11.6 Å². The summed E-state index contributed by atoms with van der Waals surface area (Å²) in [5.74, 6) is 0.205. The number of para-hydroxylation sites is 1. The third kappa shape index (κ3) is 3.97. The third-order valence-corrected chi connectivity index (χ3v) is 3.31. The van der Waals surface area contributed by atoms with E-state index in [0.717, 1.165) is 0 Å². The molecule has 4 nitrogen and oxygen atoms in total. The summed E-state index contributed by atoms with van der Waals surface area (Å²) in [5, 5.41) is 13.3. The molecule has 2 rings (SSSR count). The number of hydrogen-bond acceptors (Lipinski definition) is 3. The molecule has 110 valence electrons. The Bertz CT molecular complexity index is 613. The summed E-state index contributed by atoms with van der Waals surface area (Å²) < 4.78 is 5.13. The normalized spacial score (nSPS) is 11.8. The van der Waals surface area contributed by atoms with Crippen molar-refractivity contribution in [2.75, 3.05) is 13.7 Å². The van der Waals surface area contributed by atoms with Crippen LogP contribution < -0.4 is 10.1 Å². The van der Waals surface area contributed by atoms with Gasteiger partial charge in [0, 0.05) is 11.6 Å². The molecule has 0 spiro atoms. The van der Waals surface area contributed by atoms with Gasteiger partial charge in [-0.05, 0) is 29.8 Å². The predicted octanol–water partition coefficient (Wildman–Crippen LogP) is 2.81. The molecule has 0 saturated carbocycles. The number of benzene rings is 2. The van der Waals surface area contributed by atoms with Crippen LogP contribution in [0.5, 0.6) is 5.75 Å². The molecule has 0 fully saturated rings. The van der Waals surface area contributed by atoms with Crippen LogP contribution in [0.2, 0.25) is 5.02 Å². The first-order valence-corrected chi connectivity index (χ1v) is 6.84. The van der Waals surface area contributed by atoms with Crippen LogP contribution in [-0.2, 0) is 0 Å². The van der Waals surface area contributed by atoms with Gasteiger partial charge in [-0.25, -0.2) is 0 Å². The molecule has 5 heteroatoms. The highest BCUT2D eigenvalue weighted by Crippen LogP contribution is 2.18. The molecule has 1 amide bonds. The van der Waals surface area contributed by atoms with Crippen molar-refractivity contribution in [2.24, 2.45) is 0 Å².